The highest BCUT2D eigenvalue weighted by Gasteiger charge is 2.15. The number of hydrogen-bond acceptors (Lipinski definition) is 2. The maximum absolute atomic E-state index is 5.67. The molecule has 0 bridgehead atoms. The van der Waals surface area contributed by atoms with Crippen LogP contribution in [0.4, 0.5) is 0 Å². The van der Waals surface area contributed by atoms with Crippen molar-refractivity contribution in [2.24, 2.45) is 11.7 Å². The molecular formula is C11H17BrN2. The van der Waals surface area contributed by atoms with Crippen LogP contribution < -0.4 is 11.1 Å². The summed E-state index contributed by atoms with van der Waals surface area (Å²) in [5.41, 5.74) is 6.95. The summed E-state index contributed by atoms with van der Waals surface area (Å²) in [6.45, 7) is 2.85. The smallest absolute Gasteiger partial charge is 0.0356 e. The fourth-order valence-corrected chi connectivity index (χ4v) is 2.03. The highest BCUT2D eigenvalue weighted by molar-refractivity contribution is 9.10. The summed E-state index contributed by atoms with van der Waals surface area (Å²) in [4.78, 5) is 0. The molecular weight excluding hydrogens is 240 g/mol. The third kappa shape index (κ3) is 2.80. The van der Waals surface area contributed by atoms with Gasteiger partial charge in [-0.25, -0.2) is 0 Å². The van der Waals surface area contributed by atoms with Gasteiger partial charge in [-0.1, -0.05) is 35.0 Å². The van der Waals surface area contributed by atoms with Gasteiger partial charge in [-0.15, -0.1) is 0 Å². The summed E-state index contributed by atoms with van der Waals surface area (Å²) >= 11 is 3.47. The van der Waals surface area contributed by atoms with Crippen molar-refractivity contribution in [1.82, 2.24) is 5.32 Å². The van der Waals surface area contributed by atoms with Gasteiger partial charge in [0.15, 0.2) is 0 Å². The van der Waals surface area contributed by atoms with Crippen LogP contribution in [0.15, 0.2) is 28.7 Å². The van der Waals surface area contributed by atoms with E-state index in [-0.39, 0.29) is 0 Å². The van der Waals surface area contributed by atoms with Crippen molar-refractivity contribution in [1.29, 1.82) is 0 Å². The van der Waals surface area contributed by atoms with Gasteiger partial charge in [0.25, 0.3) is 0 Å². The van der Waals surface area contributed by atoms with Gasteiger partial charge in [-0.05, 0) is 37.2 Å². The molecule has 0 saturated heterocycles. The Bertz CT molecular complexity index is 288. The predicted molar refractivity (Wildman–Crippen MR) is 64.2 cm³/mol. The van der Waals surface area contributed by atoms with Crippen LogP contribution in [0.1, 0.15) is 18.5 Å². The summed E-state index contributed by atoms with van der Waals surface area (Å²) in [5.74, 6) is 0.439. The Labute approximate surface area is 94.0 Å². The molecule has 0 heterocycles. The van der Waals surface area contributed by atoms with Crippen LogP contribution in [0.25, 0.3) is 0 Å². The predicted octanol–water partition coefficient (Wildman–Crippen LogP) is 2.30. The molecule has 3 heteroatoms. The number of nitrogens with two attached hydrogens (primary N) is 1. The van der Waals surface area contributed by atoms with Crippen LogP contribution in [-0.4, -0.2) is 13.6 Å². The molecule has 1 aromatic carbocycles. The van der Waals surface area contributed by atoms with Gasteiger partial charge in [0.1, 0.15) is 0 Å². The lowest BCUT2D eigenvalue weighted by molar-refractivity contribution is 0.419. The molecule has 1 aromatic rings. The zero-order chi connectivity index (χ0) is 10.6. The molecule has 0 aliphatic rings. The first kappa shape index (κ1) is 11.7. The van der Waals surface area contributed by atoms with Crippen LogP contribution >= 0.6 is 15.9 Å². The molecule has 14 heavy (non-hydrogen) atoms. The highest BCUT2D eigenvalue weighted by Crippen LogP contribution is 2.23. The summed E-state index contributed by atoms with van der Waals surface area (Å²) in [5, 5.41) is 3.30. The molecule has 0 amide bonds. The number of halogens is 1. The molecule has 2 atom stereocenters. The minimum absolute atomic E-state index is 0.331. The maximum Gasteiger partial charge on any atom is 0.0356 e. The van der Waals surface area contributed by atoms with Crippen LogP contribution in [0.2, 0.25) is 0 Å². The van der Waals surface area contributed by atoms with Crippen molar-refractivity contribution >= 4 is 15.9 Å². The van der Waals surface area contributed by atoms with E-state index in [0.717, 1.165) is 4.47 Å². The molecule has 0 aromatic heterocycles. The first-order chi connectivity index (χ1) is 6.69. The number of rotatable bonds is 4. The van der Waals surface area contributed by atoms with Crippen LogP contribution in [-0.2, 0) is 0 Å². The van der Waals surface area contributed by atoms with Gasteiger partial charge in [-0.2, -0.15) is 0 Å². The lowest BCUT2D eigenvalue weighted by atomic mass is 9.95. The normalized spacial score (nSPS) is 15.1. The Morgan fingerprint density at radius 3 is 2.71 bits per heavy atom. The Kier molecular flexibility index (Phi) is 4.58. The van der Waals surface area contributed by atoms with Gasteiger partial charge in [0.05, 0.1) is 0 Å². The van der Waals surface area contributed by atoms with E-state index in [4.69, 9.17) is 5.73 Å². The Morgan fingerprint density at radius 1 is 1.50 bits per heavy atom. The third-order valence-electron chi connectivity index (χ3n) is 2.46. The molecule has 0 radical (unpaired) electrons. The topological polar surface area (TPSA) is 38.0 Å². The molecule has 0 saturated carbocycles. The van der Waals surface area contributed by atoms with Crippen molar-refractivity contribution in [3.63, 3.8) is 0 Å². The molecule has 3 N–H and O–H groups in total. The molecule has 0 fully saturated rings. The minimum atomic E-state index is 0.331. The average molecular weight is 257 g/mol. The summed E-state index contributed by atoms with van der Waals surface area (Å²) in [6, 6.07) is 8.67. The van der Waals surface area contributed by atoms with Crippen molar-refractivity contribution in [3.05, 3.63) is 34.3 Å². The summed E-state index contributed by atoms with van der Waals surface area (Å²) in [6.07, 6.45) is 0. The van der Waals surface area contributed by atoms with E-state index in [1.807, 2.05) is 19.2 Å². The van der Waals surface area contributed by atoms with Crippen LogP contribution in [0.5, 0.6) is 0 Å². The first-order valence-electron chi connectivity index (χ1n) is 4.81. The number of benzene rings is 1. The second kappa shape index (κ2) is 5.49. The summed E-state index contributed by atoms with van der Waals surface area (Å²) < 4.78 is 1.11. The second-order valence-electron chi connectivity index (χ2n) is 3.53. The zero-order valence-corrected chi connectivity index (χ0v) is 10.2. The van der Waals surface area contributed by atoms with E-state index >= 15 is 0 Å². The fourth-order valence-electron chi connectivity index (χ4n) is 1.62. The van der Waals surface area contributed by atoms with E-state index in [9.17, 15) is 0 Å². The highest BCUT2D eigenvalue weighted by atomic mass is 79.9. The van der Waals surface area contributed by atoms with E-state index in [1.54, 1.807) is 0 Å². The van der Waals surface area contributed by atoms with Gasteiger partial charge in [0.2, 0.25) is 0 Å². The van der Waals surface area contributed by atoms with E-state index in [1.165, 1.54) is 5.56 Å². The molecule has 0 aliphatic carbocycles. The minimum Gasteiger partial charge on any atom is -0.330 e. The summed E-state index contributed by atoms with van der Waals surface area (Å²) in [7, 11) is 1.97. The third-order valence-corrected chi connectivity index (χ3v) is 2.95. The quantitative estimate of drug-likeness (QED) is 0.868. The van der Waals surface area contributed by atoms with Crippen molar-refractivity contribution < 1.29 is 0 Å². The lowest BCUT2D eigenvalue weighted by Crippen LogP contribution is -2.28. The monoisotopic (exact) mass is 256 g/mol. The molecule has 0 spiro atoms. The van der Waals surface area contributed by atoms with Gasteiger partial charge in [0, 0.05) is 10.5 Å². The van der Waals surface area contributed by atoms with Crippen molar-refractivity contribution in [2.45, 2.75) is 13.0 Å². The van der Waals surface area contributed by atoms with Gasteiger partial charge < -0.3 is 11.1 Å². The standard InChI is InChI=1S/C11H17BrN2/c1-8(7-13)11(14-2)9-4-3-5-10(12)6-9/h3-6,8,11,14H,7,13H2,1-2H3. The Morgan fingerprint density at radius 2 is 2.21 bits per heavy atom. The van der Waals surface area contributed by atoms with Gasteiger partial charge in [-0.3, -0.25) is 0 Å². The maximum atomic E-state index is 5.67. The average Bonchev–Trinajstić information content (AvgIpc) is 2.19. The van der Waals surface area contributed by atoms with E-state index < -0.39 is 0 Å². The Hall–Kier alpha value is -0.380. The van der Waals surface area contributed by atoms with Crippen LogP contribution in [0, 0.1) is 5.92 Å². The van der Waals surface area contributed by atoms with Crippen molar-refractivity contribution in [3.8, 4) is 0 Å². The Balaban J connectivity index is 2.89. The second-order valence-corrected chi connectivity index (χ2v) is 4.45. The molecule has 2 nitrogen and oxygen atoms in total. The molecule has 78 valence electrons. The fraction of sp³-hybridized carbons (Fsp3) is 0.455. The van der Waals surface area contributed by atoms with E-state index in [0.29, 0.717) is 18.5 Å². The SMILES string of the molecule is CNC(c1cccc(Br)c1)C(C)CN. The number of nitrogens with one attached hydrogen (secondary N) is 1. The number of hydrogen-bond donors (Lipinski definition) is 2. The molecule has 0 aliphatic heterocycles. The van der Waals surface area contributed by atoms with Gasteiger partial charge >= 0.3 is 0 Å². The van der Waals surface area contributed by atoms with Crippen molar-refractivity contribution in [2.75, 3.05) is 13.6 Å². The van der Waals surface area contributed by atoms with Crippen LogP contribution in [0.3, 0.4) is 0 Å². The first-order valence-corrected chi connectivity index (χ1v) is 5.61. The zero-order valence-electron chi connectivity index (χ0n) is 8.63. The largest absolute Gasteiger partial charge is 0.330 e. The van der Waals surface area contributed by atoms with E-state index in [2.05, 4.69) is 40.3 Å². The molecule has 2 unspecified atom stereocenters. The molecule has 1 rings (SSSR count). The lowest BCUT2D eigenvalue weighted by Gasteiger charge is -2.22.